The van der Waals surface area contributed by atoms with Gasteiger partial charge in [0.2, 0.25) is 10.9 Å². The highest BCUT2D eigenvalue weighted by atomic mass is 32.1. The van der Waals surface area contributed by atoms with Crippen molar-refractivity contribution >= 4 is 33.3 Å². The van der Waals surface area contributed by atoms with Crippen LogP contribution in [0, 0.1) is 0 Å². The first kappa shape index (κ1) is 12.6. The average molecular weight is 296 g/mol. The minimum absolute atomic E-state index is 0.00519. The first-order chi connectivity index (χ1) is 9.65. The minimum Gasteiger partial charge on any atom is -0.350 e. The van der Waals surface area contributed by atoms with E-state index in [9.17, 15) is 13.6 Å². The average Bonchev–Trinajstić information content (AvgIpc) is 3.04. The van der Waals surface area contributed by atoms with Crippen LogP contribution in [0.3, 0.4) is 0 Å². The maximum absolute atomic E-state index is 12.4. The van der Waals surface area contributed by atoms with Crippen molar-refractivity contribution in [3.8, 4) is 0 Å². The van der Waals surface area contributed by atoms with Crippen LogP contribution in [-0.4, -0.2) is 21.3 Å². The Morgan fingerprint density at radius 3 is 2.85 bits per heavy atom. The van der Waals surface area contributed by atoms with Gasteiger partial charge >= 0.3 is 0 Å². The largest absolute Gasteiger partial charge is 0.350 e. The van der Waals surface area contributed by atoms with E-state index in [1.165, 1.54) is 0 Å². The van der Waals surface area contributed by atoms with Crippen molar-refractivity contribution in [2.45, 2.75) is 6.43 Å². The van der Waals surface area contributed by atoms with Gasteiger partial charge in [-0.1, -0.05) is 28.6 Å². The normalized spacial score (nSPS) is 11.2. The zero-order valence-electron chi connectivity index (χ0n) is 9.71. The van der Waals surface area contributed by atoms with E-state index in [1.54, 1.807) is 24.3 Å². The zero-order valence-corrected chi connectivity index (χ0v) is 10.5. The molecule has 0 atom stereocenters. The molecule has 0 fully saturated rings. The summed E-state index contributed by atoms with van der Waals surface area (Å²) in [6, 6.07) is 6.85. The molecule has 2 heterocycles. The summed E-state index contributed by atoms with van der Waals surface area (Å²) >= 11 is 0.606. The summed E-state index contributed by atoms with van der Waals surface area (Å²) in [6.07, 6.45) is -2.72. The maximum atomic E-state index is 12.4. The Bertz CT molecular complexity index is 770. The van der Waals surface area contributed by atoms with Crippen molar-refractivity contribution in [1.29, 1.82) is 0 Å². The second-order valence-electron chi connectivity index (χ2n) is 3.73. The highest BCUT2D eigenvalue weighted by Gasteiger charge is 2.19. The summed E-state index contributed by atoms with van der Waals surface area (Å²) < 4.78 is 29.7. The second kappa shape index (κ2) is 4.93. The Labute approximate surface area is 114 Å². The SMILES string of the molecule is O=C(Nc1nnc(C(F)F)s1)c1onc2ccccc12. The van der Waals surface area contributed by atoms with E-state index in [2.05, 4.69) is 20.7 Å². The van der Waals surface area contributed by atoms with E-state index in [0.717, 1.165) is 0 Å². The van der Waals surface area contributed by atoms with Crippen LogP contribution in [0.25, 0.3) is 10.9 Å². The van der Waals surface area contributed by atoms with E-state index in [0.29, 0.717) is 22.2 Å². The van der Waals surface area contributed by atoms with E-state index in [4.69, 9.17) is 4.52 Å². The Morgan fingerprint density at radius 2 is 2.10 bits per heavy atom. The Balaban J connectivity index is 1.85. The van der Waals surface area contributed by atoms with Gasteiger partial charge in [0.1, 0.15) is 5.52 Å². The highest BCUT2D eigenvalue weighted by Crippen LogP contribution is 2.26. The number of benzene rings is 1. The van der Waals surface area contributed by atoms with Crippen molar-refractivity contribution in [2.24, 2.45) is 0 Å². The molecule has 0 aliphatic heterocycles. The molecule has 3 aromatic rings. The Morgan fingerprint density at radius 1 is 1.30 bits per heavy atom. The lowest BCUT2D eigenvalue weighted by atomic mass is 10.2. The third kappa shape index (κ3) is 2.23. The molecule has 0 bridgehead atoms. The molecule has 0 spiro atoms. The number of hydrogen-bond donors (Lipinski definition) is 1. The molecule has 2 aromatic heterocycles. The van der Waals surface area contributed by atoms with Crippen LogP contribution >= 0.6 is 11.3 Å². The monoisotopic (exact) mass is 296 g/mol. The van der Waals surface area contributed by atoms with Crippen molar-refractivity contribution in [3.05, 3.63) is 35.0 Å². The lowest BCUT2D eigenvalue weighted by Crippen LogP contribution is -2.11. The third-order valence-corrected chi connectivity index (χ3v) is 3.28. The maximum Gasteiger partial charge on any atom is 0.296 e. The summed E-state index contributed by atoms with van der Waals surface area (Å²) in [5.74, 6) is -0.620. The van der Waals surface area contributed by atoms with Gasteiger partial charge in [0.25, 0.3) is 12.3 Å². The predicted octanol–water partition coefficient (Wildman–Crippen LogP) is 2.87. The molecule has 6 nitrogen and oxygen atoms in total. The van der Waals surface area contributed by atoms with Gasteiger partial charge in [0.15, 0.2) is 5.01 Å². The Kier molecular flexibility index (Phi) is 3.11. The third-order valence-electron chi connectivity index (χ3n) is 2.44. The zero-order chi connectivity index (χ0) is 14.1. The van der Waals surface area contributed by atoms with E-state index < -0.39 is 17.3 Å². The summed E-state index contributed by atoms with van der Waals surface area (Å²) in [4.78, 5) is 12.0. The van der Waals surface area contributed by atoms with Crippen molar-refractivity contribution in [3.63, 3.8) is 0 Å². The summed E-state index contributed by atoms with van der Waals surface area (Å²) in [5.41, 5.74) is 0.531. The fourth-order valence-electron chi connectivity index (χ4n) is 1.58. The molecular weight excluding hydrogens is 290 g/mol. The van der Waals surface area contributed by atoms with Crippen molar-refractivity contribution in [2.75, 3.05) is 5.32 Å². The van der Waals surface area contributed by atoms with Gasteiger partial charge < -0.3 is 4.52 Å². The Hall–Kier alpha value is -2.42. The molecule has 1 aromatic carbocycles. The number of nitrogens with zero attached hydrogens (tertiary/aromatic N) is 3. The first-order valence-electron chi connectivity index (χ1n) is 5.42. The van der Waals surface area contributed by atoms with Gasteiger partial charge in [-0.25, -0.2) is 8.78 Å². The topological polar surface area (TPSA) is 80.9 Å². The molecule has 0 radical (unpaired) electrons. The fraction of sp³-hybridized carbons (Fsp3) is 0.0909. The number of rotatable bonds is 3. The highest BCUT2D eigenvalue weighted by molar-refractivity contribution is 7.15. The summed E-state index contributed by atoms with van der Waals surface area (Å²) in [7, 11) is 0. The van der Waals surface area contributed by atoms with E-state index in [-0.39, 0.29) is 10.9 Å². The number of halogens is 2. The van der Waals surface area contributed by atoms with Gasteiger partial charge in [0, 0.05) is 0 Å². The molecule has 1 amide bonds. The lowest BCUT2D eigenvalue weighted by Gasteiger charge is -1.96. The molecule has 9 heteroatoms. The molecule has 20 heavy (non-hydrogen) atoms. The molecule has 0 aliphatic carbocycles. The van der Waals surface area contributed by atoms with E-state index >= 15 is 0 Å². The molecule has 0 saturated carbocycles. The number of carbonyl (C=O) groups is 1. The molecule has 0 unspecified atom stereocenters. The standard InChI is InChI=1S/C11H6F2N4O2S/c12-8(13)10-15-16-11(20-10)14-9(18)7-5-3-1-2-4-6(5)17-19-7/h1-4,8H,(H,14,16,18). The quantitative estimate of drug-likeness (QED) is 0.803. The number of carbonyl (C=O) groups excluding carboxylic acids is 1. The fourth-order valence-corrected chi connectivity index (χ4v) is 2.17. The van der Waals surface area contributed by atoms with Gasteiger partial charge in [0.05, 0.1) is 5.39 Å². The molecule has 1 N–H and O–H groups in total. The molecular formula is C11H6F2N4O2S. The number of hydrogen-bond acceptors (Lipinski definition) is 6. The number of nitrogens with one attached hydrogen (secondary N) is 1. The van der Waals surface area contributed by atoms with Gasteiger partial charge in [-0.2, -0.15) is 0 Å². The number of anilines is 1. The van der Waals surface area contributed by atoms with Crippen LogP contribution in [0.4, 0.5) is 13.9 Å². The molecule has 102 valence electrons. The van der Waals surface area contributed by atoms with E-state index in [1.807, 2.05) is 0 Å². The van der Waals surface area contributed by atoms with Gasteiger partial charge in [-0.3, -0.25) is 10.1 Å². The van der Waals surface area contributed by atoms with Crippen molar-refractivity contribution in [1.82, 2.24) is 15.4 Å². The molecule has 0 aliphatic rings. The summed E-state index contributed by atoms with van der Waals surface area (Å²) in [6.45, 7) is 0. The van der Waals surface area contributed by atoms with Crippen LogP contribution in [-0.2, 0) is 0 Å². The number of amides is 1. The van der Waals surface area contributed by atoms with Crippen LogP contribution in [0.5, 0.6) is 0 Å². The van der Waals surface area contributed by atoms with Crippen LogP contribution in [0.15, 0.2) is 28.8 Å². The predicted molar refractivity (Wildman–Crippen MR) is 66.8 cm³/mol. The number of fused-ring (bicyclic) bond motifs is 1. The summed E-state index contributed by atoms with van der Waals surface area (Å²) in [5, 5.41) is 12.9. The molecule has 3 rings (SSSR count). The van der Waals surface area contributed by atoms with Crippen LogP contribution in [0.1, 0.15) is 22.0 Å². The number of aromatic nitrogens is 3. The first-order valence-corrected chi connectivity index (χ1v) is 6.24. The van der Waals surface area contributed by atoms with Crippen LogP contribution in [0.2, 0.25) is 0 Å². The molecule has 0 saturated heterocycles. The minimum atomic E-state index is -2.72. The van der Waals surface area contributed by atoms with Crippen molar-refractivity contribution < 1.29 is 18.1 Å². The second-order valence-corrected chi connectivity index (χ2v) is 4.74. The van der Waals surface area contributed by atoms with Gasteiger partial charge in [-0.05, 0) is 12.1 Å². The smallest absolute Gasteiger partial charge is 0.296 e. The lowest BCUT2D eigenvalue weighted by molar-refractivity contribution is 0.0990. The number of alkyl halides is 2. The van der Waals surface area contributed by atoms with Gasteiger partial charge in [-0.15, -0.1) is 10.2 Å². The van der Waals surface area contributed by atoms with Crippen LogP contribution < -0.4 is 5.32 Å².